The van der Waals surface area contributed by atoms with Crippen LogP contribution in [0, 0.1) is 0 Å². The zero-order valence-electron chi connectivity index (χ0n) is 15.7. The molecule has 2 aromatic carbocycles. The van der Waals surface area contributed by atoms with Gasteiger partial charge in [0, 0.05) is 48.4 Å². The van der Waals surface area contributed by atoms with E-state index in [0.29, 0.717) is 0 Å². The molecule has 1 fully saturated rings. The van der Waals surface area contributed by atoms with Gasteiger partial charge in [-0.25, -0.2) is 0 Å². The predicted octanol–water partition coefficient (Wildman–Crippen LogP) is 4.92. The van der Waals surface area contributed by atoms with Gasteiger partial charge in [-0.1, -0.05) is 30.3 Å². The molecular weight excluding hydrogens is 330 g/mol. The summed E-state index contributed by atoms with van der Waals surface area (Å²) in [6.45, 7) is 2.31. The van der Waals surface area contributed by atoms with E-state index >= 15 is 0 Å². The van der Waals surface area contributed by atoms with Crippen molar-refractivity contribution in [3.8, 4) is 0 Å². The summed E-state index contributed by atoms with van der Waals surface area (Å²) in [7, 11) is 2.16. The van der Waals surface area contributed by atoms with Crippen LogP contribution in [0.4, 0.5) is 5.69 Å². The van der Waals surface area contributed by atoms with Gasteiger partial charge < -0.3 is 9.88 Å². The number of para-hydroxylation sites is 2. The van der Waals surface area contributed by atoms with E-state index in [2.05, 4.69) is 94.4 Å². The highest BCUT2D eigenvalue weighted by molar-refractivity contribution is 5.93. The minimum absolute atomic E-state index is 1.16. The van der Waals surface area contributed by atoms with Gasteiger partial charge in [-0.15, -0.1) is 0 Å². The van der Waals surface area contributed by atoms with Crippen molar-refractivity contribution < 1.29 is 4.57 Å². The number of nitrogens with zero attached hydrogens (tertiary/aromatic N) is 2. The number of fused-ring (bicyclic) bond motifs is 2. The van der Waals surface area contributed by atoms with Crippen molar-refractivity contribution in [3.05, 3.63) is 72.1 Å². The molecule has 2 aromatic heterocycles. The molecule has 0 unspecified atom stereocenters. The van der Waals surface area contributed by atoms with Gasteiger partial charge in [-0.2, -0.15) is 4.57 Å². The number of anilines is 1. The Labute approximate surface area is 159 Å². The third kappa shape index (κ3) is 2.80. The third-order valence-corrected chi connectivity index (χ3v) is 5.71. The van der Waals surface area contributed by atoms with Gasteiger partial charge in [0.25, 0.3) is 0 Å². The molecule has 5 rings (SSSR count). The van der Waals surface area contributed by atoms with Crippen LogP contribution >= 0.6 is 0 Å². The second kappa shape index (κ2) is 6.58. The number of benzene rings is 2. The first-order valence-corrected chi connectivity index (χ1v) is 9.72. The minimum Gasteiger partial charge on any atom is -0.371 e. The third-order valence-electron chi connectivity index (χ3n) is 5.71. The quantitative estimate of drug-likeness (QED) is 0.519. The molecule has 134 valence electrons. The minimum atomic E-state index is 1.16. The maximum absolute atomic E-state index is 3.36. The topological polar surface area (TPSA) is 22.9 Å². The van der Waals surface area contributed by atoms with Crippen LogP contribution < -0.4 is 9.47 Å². The number of rotatable bonds is 3. The van der Waals surface area contributed by atoms with Gasteiger partial charge in [-0.3, -0.25) is 0 Å². The molecule has 27 heavy (non-hydrogen) atoms. The molecule has 4 aromatic rings. The average Bonchev–Trinajstić information content (AvgIpc) is 3.38. The van der Waals surface area contributed by atoms with E-state index in [0.717, 1.165) is 13.1 Å². The molecule has 0 bridgehead atoms. The summed E-state index contributed by atoms with van der Waals surface area (Å²) in [6, 6.07) is 19.5. The van der Waals surface area contributed by atoms with Crippen LogP contribution in [0.5, 0.6) is 0 Å². The second-order valence-electron chi connectivity index (χ2n) is 7.35. The molecule has 1 N–H and O–H groups in total. The zero-order valence-corrected chi connectivity index (χ0v) is 15.7. The number of hydrogen-bond donors (Lipinski definition) is 1. The summed E-state index contributed by atoms with van der Waals surface area (Å²) in [6.07, 6.45) is 9.12. The molecule has 0 spiro atoms. The molecule has 1 aliphatic heterocycles. The average molecular weight is 354 g/mol. The largest absolute Gasteiger partial charge is 0.371 e. The van der Waals surface area contributed by atoms with Crippen LogP contribution in [0.15, 0.2) is 60.8 Å². The van der Waals surface area contributed by atoms with E-state index in [4.69, 9.17) is 0 Å². The number of aromatic nitrogens is 2. The van der Waals surface area contributed by atoms with Gasteiger partial charge in [0.2, 0.25) is 11.2 Å². The number of aromatic amines is 1. The number of hydrogen-bond acceptors (Lipinski definition) is 1. The fourth-order valence-corrected chi connectivity index (χ4v) is 4.22. The highest BCUT2D eigenvalue weighted by atomic mass is 15.1. The lowest BCUT2D eigenvalue weighted by Gasteiger charge is -2.19. The summed E-state index contributed by atoms with van der Waals surface area (Å²) in [5.41, 5.74) is 6.26. The van der Waals surface area contributed by atoms with Crippen LogP contribution in [0.1, 0.15) is 24.1 Å². The van der Waals surface area contributed by atoms with E-state index in [9.17, 15) is 0 Å². The molecule has 3 heterocycles. The number of aryl methyl sites for hydroxylation is 1. The molecule has 3 heteroatoms. The van der Waals surface area contributed by atoms with Crippen LogP contribution in [0.25, 0.3) is 34.0 Å². The lowest BCUT2D eigenvalue weighted by molar-refractivity contribution is -0.646. The van der Waals surface area contributed by atoms with E-state index in [1.54, 1.807) is 0 Å². The van der Waals surface area contributed by atoms with Gasteiger partial charge in [0.15, 0.2) is 0 Å². The molecule has 1 saturated heterocycles. The zero-order chi connectivity index (χ0) is 18.2. The molecule has 0 amide bonds. The Bertz CT molecular complexity index is 1150. The van der Waals surface area contributed by atoms with Crippen LogP contribution in [0.3, 0.4) is 0 Å². The monoisotopic (exact) mass is 354 g/mol. The van der Waals surface area contributed by atoms with E-state index in [1.165, 1.54) is 51.6 Å². The highest BCUT2D eigenvalue weighted by Crippen LogP contribution is 2.29. The van der Waals surface area contributed by atoms with Gasteiger partial charge in [-0.05, 0) is 36.6 Å². The Hall–Kier alpha value is -3.07. The Kier molecular flexibility index (Phi) is 3.93. The van der Waals surface area contributed by atoms with Gasteiger partial charge in [0.05, 0.1) is 11.1 Å². The van der Waals surface area contributed by atoms with Gasteiger partial charge in [0.1, 0.15) is 7.05 Å². The second-order valence-corrected chi connectivity index (χ2v) is 7.35. The maximum Gasteiger partial charge on any atom is 0.214 e. The molecule has 0 atom stereocenters. The fourth-order valence-electron chi connectivity index (χ4n) is 4.22. The fraction of sp³-hybridized carbons (Fsp3) is 0.208. The first-order valence-electron chi connectivity index (χ1n) is 9.72. The first kappa shape index (κ1) is 16.1. The normalized spacial score (nSPS) is 14.8. The lowest BCUT2D eigenvalue weighted by atomic mass is 10.1. The molecular formula is C24H24N3+. The number of pyridine rings is 1. The van der Waals surface area contributed by atoms with Crippen molar-refractivity contribution in [2.45, 2.75) is 12.8 Å². The SMILES string of the molecule is C[n+]1c(/C=C/c2c[nH]c3ccccc23)cc(N2CCCC2)c2ccccc21. The van der Waals surface area contributed by atoms with Crippen molar-refractivity contribution in [1.82, 2.24) is 4.98 Å². The molecule has 0 aliphatic carbocycles. The Morgan fingerprint density at radius 1 is 0.926 bits per heavy atom. The Morgan fingerprint density at radius 3 is 2.52 bits per heavy atom. The maximum atomic E-state index is 3.36. The molecule has 0 saturated carbocycles. The van der Waals surface area contributed by atoms with Crippen molar-refractivity contribution in [1.29, 1.82) is 0 Å². The molecule has 3 nitrogen and oxygen atoms in total. The van der Waals surface area contributed by atoms with Gasteiger partial charge >= 0.3 is 0 Å². The number of nitrogens with one attached hydrogen (secondary N) is 1. The van der Waals surface area contributed by atoms with E-state index in [-0.39, 0.29) is 0 Å². The summed E-state index contributed by atoms with van der Waals surface area (Å²) in [4.78, 5) is 5.89. The Balaban J connectivity index is 1.63. The van der Waals surface area contributed by atoms with E-state index in [1.807, 2.05) is 0 Å². The van der Waals surface area contributed by atoms with Crippen molar-refractivity contribution in [2.24, 2.45) is 7.05 Å². The van der Waals surface area contributed by atoms with Crippen LogP contribution in [-0.4, -0.2) is 18.1 Å². The highest BCUT2D eigenvalue weighted by Gasteiger charge is 2.20. The summed E-state index contributed by atoms with van der Waals surface area (Å²) in [5.74, 6) is 0. The van der Waals surface area contributed by atoms with Crippen LogP contribution in [-0.2, 0) is 7.05 Å². The van der Waals surface area contributed by atoms with E-state index < -0.39 is 0 Å². The predicted molar refractivity (Wildman–Crippen MR) is 114 cm³/mol. The summed E-state index contributed by atoms with van der Waals surface area (Å²) in [5, 5.41) is 2.60. The van der Waals surface area contributed by atoms with Crippen LogP contribution in [0.2, 0.25) is 0 Å². The summed E-state index contributed by atoms with van der Waals surface area (Å²) >= 11 is 0. The molecule has 1 aliphatic rings. The van der Waals surface area contributed by atoms with Crippen molar-refractivity contribution in [2.75, 3.05) is 18.0 Å². The number of H-pyrrole nitrogens is 1. The summed E-state index contributed by atoms with van der Waals surface area (Å²) < 4.78 is 2.29. The molecule has 0 radical (unpaired) electrons. The standard InChI is InChI=1S/C24H23N3/c1-26-19(13-12-18-17-25-22-10-4-2-8-20(18)22)16-24(27-14-6-7-15-27)21-9-3-5-11-23(21)26/h2-5,8-13,16-17H,6-7,14-15H2,1H3/p+1. The smallest absolute Gasteiger partial charge is 0.214 e. The first-order chi connectivity index (χ1) is 13.3. The van der Waals surface area contributed by atoms with Crippen molar-refractivity contribution in [3.63, 3.8) is 0 Å². The Morgan fingerprint density at radius 2 is 1.67 bits per heavy atom. The lowest BCUT2D eigenvalue weighted by Crippen LogP contribution is -2.34. The van der Waals surface area contributed by atoms with Crippen molar-refractivity contribution >= 4 is 39.6 Å².